The Kier molecular flexibility index (Phi) is 5.67. The van der Waals surface area contributed by atoms with Gasteiger partial charge in [-0.3, -0.25) is 0 Å². The summed E-state index contributed by atoms with van der Waals surface area (Å²) in [4.78, 5) is 0. The average molecular weight is 400 g/mol. The summed E-state index contributed by atoms with van der Waals surface area (Å²) in [5, 5.41) is 10.7. The highest BCUT2D eigenvalue weighted by Crippen LogP contribution is 2.33. The molecule has 1 heterocycles. The summed E-state index contributed by atoms with van der Waals surface area (Å²) < 4.78 is 26.7. The van der Waals surface area contributed by atoms with Crippen LogP contribution < -0.4 is 5.32 Å². The van der Waals surface area contributed by atoms with Crippen LogP contribution in [0.25, 0.3) is 0 Å². The normalized spacial score (nSPS) is 20.1. The zero-order valence-corrected chi connectivity index (χ0v) is 16.4. The van der Waals surface area contributed by atoms with Gasteiger partial charge >= 0.3 is 0 Å². The minimum atomic E-state index is -0.274. The summed E-state index contributed by atoms with van der Waals surface area (Å²) >= 11 is 5.69. The molecule has 3 nitrogen and oxygen atoms in total. The molecule has 0 saturated heterocycles. The Hall–Kier alpha value is -2.34. The van der Waals surface area contributed by atoms with Crippen LogP contribution in [0, 0.1) is 11.6 Å². The monoisotopic (exact) mass is 399 g/mol. The second kappa shape index (κ2) is 8.35. The van der Waals surface area contributed by atoms with E-state index in [4.69, 9.17) is 17.3 Å². The van der Waals surface area contributed by atoms with Crippen LogP contribution in [0.1, 0.15) is 55.7 Å². The maximum Gasteiger partial charge on any atom is 0.190 e. The zero-order valence-electron chi connectivity index (χ0n) is 15.6. The van der Waals surface area contributed by atoms with Gasteiger partial charge in [-0.2, -0.15) is 5.10 Å². The first-order chi connectivity index (χ1) is 13.6. The van der Waals surface area contributed by atoms with Crippen molar-refractivity contribution in [2.45, 2.75) is 50.6 Å². The van der Waals surface area contributed by atoms with Crippen LogP contribution in [0.4, 0.5) is 8.78 Å². The molecule has 2 aromatic rings. The number of hydrogen-bond donors (Lipinski definition) is 1. The number of hydrazone groups is 1. The number of benzene rings is 2. The summed E-state index contributed by atoms with van der Waals surface area (Å²) in [6.07, 6.45) is 6.56. The van der Waals surface area contributed by atoms with Crippen molar-refractivity contribution in [3.05, 3.63) is 71.3 Å². The van der Waals surface area contributed by atoms with E-state index in [-0.39, 0.29) is 17.7 Å². The molecule has 1 aliphatic heterocycles. The van der Waals surface area contributed by atoms with E-state index in [0.29, 0.717) is 17.6 Å². The van der Waals surface area contributed by atoms with Crippen molar-refractivity contribution >= 4 is 23.0 Å². The minimum absolute atomic E-state index is 0.107. The molecule has 1 aliphatic carbocycles. The van der Waals surface area contributed by atoms with Crippen LogP contribution in [0.5, 0.6) is 0 Å². The van der Waals surface area contributed by atoms with Crippen LogP contribution in [0.2, 0.25) is 0 Å². The molecule has 2 aliphatic rings. The molecule has 6 heteroatoms. The van der Waals surface area contributed by atoms with Gasteiger partial charge < -0.3 is 5.32 Å². The Morgan fingerprint density at radius 1 is 0.929 bits per heavy atom. The van der Waals surface area contributed by atoms with Crippen molar-refractivity contribution in [1.29, 1.82) is 0 Å². The molecule has 1 N–H and O–H groups in total. The largest absolute Gasteiger partial charge is 0.358 e. The van der Waals surface area contributed by atoms with Crippen LogP contribution in [0.15, 0.2) is 53.6 Å². The average Bonchev–Trinajstić information content (AvgIpc) is 3.15. The van der Waals surface area contributed by atoms with Crippen molar-refractivity contribution in [2.24, 2.45) is 5.10 Å². The first-order valence-electron chi connectivity index (χ1n) is 9.79. The molecule has 1 fully saturated rings. The van der Waals surface area contributed by atoms with Crippen LogP contribution in [0.3, 0.4) is 0 Å². The highest BCUT2D eigenvalue weighted by Gasteiger charge is 2.32. The number of hydrogen-bond acceptors (Lipinski definition) is 2. The number of nitrogens with zero attached hydrogens (tertiary/aromatic N) is 2. The highest BCUT2D eigenvalue weighted by molar-refractivity contribution is 7.80. The molecule has 0 unspecified atom stereocenters. The second-order valence-corrected chi connectivity index (χ2v) is 7.84. The Morgan fingerprint density at radius 3 is 2.18 bits per heavy atom. The lowest BCUT2D eigenvalue weighted by Gasteiger charge is -2.30. The van der Waals surface area contributed by atoms with E-state index in [2.05, 4.69) is 5.32 Å². The fraction of sp³-hybridized carbons (Fsp3) is 0.364. The van der Waals surface area contributed by atoms with E-state index in [1.807, 2.05) is 5.01 Å². The van der Waals surface area contributed by atoms with Gasteiger partial charge in [0.2, 0.25) is 0 Å². The molecule has 0 amide bonds. The maximum atomic E-state index is 13.4. The van der Waals surface area contributed by atoms with Gasteiger partial charge in [0.25, 0.3) is 0 Å². The van der Waals surface area contributed by atoms with Gasteiger partial charge in [0.1, 0.15) is 11.6 Å². The van der Waals surface area contributed by atoms with Gasteiger partial charge in [-0.05, 0) is 60.5 Å². The molecule has 0 bridgehead atoms. The third kappa shape index (κ3) is 4.22. The maximum absolute atomic E-state index is 13.4. The summed E-state index contributed by atoms with van der Waals surface area (Å²) in [7, 11) is 0. The van der Waals surface area contributed by atoms with Gasteiger partial charge in [0, 0.05) is 12.5 Å². The molecule has 146 valence electrons. The third-order valence-electron chi connectivity index (χ3n) is 5.48. The SMILES string of the molecule is Fc1ccc(C2=NN(C(=S)NC3CCCCC3)[C@@H](c3ccc(F)cc3)C2)cc1. The Morgan fingerprint density at radius 2 is 1.54 bits per heavy atom. The van der Waals surface area contributed by atoms with E-state index in [9.17, 15) is 8.78 Å². The standard InChI is InChI=1S/C22H23F2N3S/c23-17-10-6-15(7-11-17)20-14-21(16-8-12-18(24)13-9-16)27(26-20)22(28)25-19-4-2-1-3-5-19/h6-13,19,21H,1-5,14H2,(H,25,28)/t21-/m1/s1. The first-order valence-corrected chi connectivity index (χ1v) is 10.2. The molecule has 28 heavy (non-hydrogen) atoms. The smallest absolute Gasteiger partial charge is 0.190 e. The van der Waals surface area contributed by atoms with Crippen molar-refractivity contribution in [3.63, 3.8) is 0 Å². The van der Waals surface area contributed by atoms with Gasteiger partial charge in [0.15, 0.2) is 5.11 Å². The first kappa shape index (κ1) is 19.0. The Balaban J connectivity index is 1.59. The Labute approximate surface area is 169 Å². The van der Waals surface area contributed by atoms with Gasteiger partial charge in [0.05, 0.1) is 11.8 Å². The van der Waals surface area contributed by atoms with E-state index >= 15 is 0 Å². The molecule has 0 radical (unpaired) electrons. The van der Waals surface area contributed by atoms with Crippen molar-refractivity contribution in [1.82, 2.24) is 10.3 Å². The topological polar surface area (TPSA) is 27.6 Å². The molecule has 0 aromatic heterocycles. The summed E-state index contributed by atoms with van der Waals surface area (Å²) in [6.45, 7) is 0. The Bertz CT molecular complexity index is 858. The molecule has 2 aromatic carbocycles. The van der Waals surface area contributed by atoms with Crippen LogP contribution >= 0.6 is 12.2 Å². The van der Waals surface area contributed by atoms with E-state index in [1.165, 1.54) is 43.5 Å². The lowest BCUT2D eigenvalue weighted by molar-refractivity contribution is 0.341. The number of halogens is 2. The highest BCUT2D eigenvalue weighted by atomic mass is 32.1. The summed E-state index contributed by atoms with van der Waals surface area (Å²) in [5.41, 5.74) is 2.67. The summed E-state index contributed by atoms with van der Waals surface area (Å²) in [6, 6.07) is 13.1. The molecular formula is C22H23F2N3S. The van der Waals surface area contributed by atoms with Crippen molar-refractivity contribution in [2.75, 3.05) is 0 Å². The van der Waals surface area contributed by atoms with E-state index < -0.39 is 0 Å². The van der Waals surface area contributed by atoms with Gasteiger partial charge in [-0.25, -0.2) is 13.8 Å². The molecular weight excluding hydrogens is 376 g/mol. The van der Waals surface area contributed by atoms with Gasteiger partial charge in [-0.1, -0.05) is 43.5 Å². The molecule has 1 saturated carbocycles. The second-order valence-electron chi connectivity index (χ2n) is 7.45. The molecule has 4 rings (SSSR count). The van der Waals surface area contributed by atoms with Crippen molar-refractivity contribution < 1.29 is 8.78 Å². The lowest BCUT2D eigenvalue weighted by Crippen LogP contribution is -2.43. The lowest BCUT2D eigenvalue weighted by atomic mass is 9.95. The number of rotatable bonds is 3. The number of thiocarbonyl (C=S) groups is 1. The minimum Gasteiger partial charge on any atom is -0.358 e. The predicted molar refractivity (Wildman–Crippen MR) is 111 cm³/mol. The van der Waals surface area contributed by atoms with E-state index in [0.717, 1.165) is 29.7 Å². The fourth-order valence-electron chi connectivity index (χ4n) is 3.95. The fourth-order valence-corrected chi connectivity index (χ4v) is 4.28. The van der Waals surface area contributed by atoms with E-state index in [1.54, 1.807) is 24.3 Å². The summed E-state index contributed by atoms with van der Waals surface area (Å²) in [5.74, 6) is -0.542. The van der Waals surface area contributed by atoms with Gasteiger partial charge in [-0.15, -0.1) is 0 Å². The zero-order chi connectivity index (χ0) is 19.5. The predicted octanol–water partition coefficient (Wildman–Crippen LogP) is 5.32. The van der Waals surface area contributed by atoms with Crippen LogP contribution in [-0.4, -0.2) is 21.9 Å². The van der Waals surface area contributed by atoms with Crippen LogP contribution in [-0.2, 0) is 0 Å². The molecule has 1 atom stereocenters. The number of nitrogens with one attached hydrogen (secondary N) is 1. The quantitative estimate of drug-likeness (QED) is 0.708. The van der Waals surface area contributed by atoms with Crippen molar-refractivity contribution in [3.8, 4) is 0 Å². The third-order valence-corrected chi connectivity index (χ3v) is 5.79. The molecule has 0 spiro atoms.